The summed E-state index contributed by atoms with van der Waals surface area (Å²) in [5, 5.41) is 10.0. The molecule has 0 atom stereocenters. The van der Waals surface area contributed by atoms with Gasteiger partial charge in [-0.25, -0.2) is 0 Å². The molecule has 3 aromatic rings. The van der Waals surface area contributed by atoms with Crippen molar-refractivity contribution >= 4 is 23.4 Å². The van der Waals surface area contributed by atoms with Gasteiger partial charge in [-0.15, -0.1) is 10.2 Å². The van der Waals surface area contributed by atoms with Crippen LogP contribution in [-0.4, -0.2) is 40.3 Å². The van der Waals surface area contributed by atoms with Gasteiger partial charge < -0.3 is 18.8 Å². The van der Waals surface area contributed by atoms with E-state index in [0.717, 1.165) is 33.8 Å². The molecule has 1 aliphatic rings. The van der Waals surface area contributed by atoms with Crippen molar-refractivity contribution in [3.63, 3.8) is 0 Å². The third-order valence-electron chi connectivity index (χ3n) is 4.04. The molecule has 1 aromatic heterocycles. The zero-order valence-electron chi connectivity index (χ0n) is 14.7. The van der Waals surface area contributed by atoms with E-state index in [2.05, 4.69) is 10.2 Å². The van der Waals surface area contributed by atoms with Crippen molar-refractivity contribution in [3.8, 4) is 28.6 Å². The Morgan fingerprint density at radius 2 is 1.93 bits per heavy atom. The highest BCUT2D eigenvalue weighted by molar-refractivity contribution is 7.99. The number of hydrogen-bond donors (Lipinski definition) is 0. The largest absolute Gasteiger partial charge is 0.491 e. The standard InChI is InChI=1S/C19H18ClN3O3S/c1-23-18(13-6-7-16-17(12-13)25-9-8-24-16)21-22-19(23)27-11-10-26-15-5-3-2-4-14(15)20/h2-7,12H,8-11H2,1H3. The number of hydrogen-bond acceptors (Lipinski definition) is 6. The van der Waals surface area contributed by atoms with Gasteiger partial charge in [0.1, 0.15) is 19.0 Å². The van der Waals surface area contributed by atoms with Crippen molar-refractivity contribution in [2.45, 2.75) is 5.16 Å². The quantitative estimate of drug-likeness (QED) is 0.456. The second-order valence-electron chi connectivity index (χ2n) is 5.85. The molecule has 0 N–H and O–H groups in total. The Bertz CT molecular complexity index is 948. The van der Waals surface area contributed by atoms with Gasteiger partial charge in [-0.3, -0.25) is 0 Å². The fourth-order valence-electron chi connectivity index (χ4n) is 2.72. The SMILES string of the molecule is Cn1c(SCCOc2ccccc2Cl)nnc1-c1ccc2c(c1)OCCO2. The van der Waals surface area contributed by atoms with Gasteiger partial charge in [0, 0.05) is 18.4 Å². The van der Waals surface area contributed by atoms with Gasteiger partial charge in [0.2, 0.25) is 0 Å². The Kier molecular flexibility index (Phi) is 5.40. The predicted octanol–water partition coefficient (Wildman–Crippen LogP) is 4.08. The van der Waals surface area contributed by atoms with Crippen LogP contribution in [0.2, 0.25) is 5.02 Å². The average Bonchev–Trinajstić information content (AvgIpc) is 3.06. The fourth-order valence-corrected chi connectivity index (χ4v) is 3.64. The van der Waals surface area contributed by atoms with Crippen molar-refractivity contribution in [1.29, 1.82) is 0 Å². The fraction of sp³-hybridized carbons (Fsp3) is 0.263. The first-order valence-corrected chi connectivity index (χ1v) is 9.88. The molecule has 0 spiro atoms. The van der Waals surface area contributed by atoms with Gasteiger partial charge in [0.15, 0.2) is 22.5 Å². The van der Waals surface area contributed by atoms with Crippen LogP contribution in [-0.2, 0) is 7.05 Å². The van der Waals surface area contributed by atoms with Crippen LogP contribution in [0.15, 0.2) is 47.6 Å². The van der Waals surface area contributed by atoms with Gasteiger partial charge in [-0.05, 0) is 30.3 Å². The van der Waals surface area contributed by atoms with Gasteiger partial charge in [0.05, 0.1) is 11.6 Å². The molecule has 0 fully saturated rings. The molecule has 140 valence electrons. The lowest BCUT2D eigenvalue weighted by molar-refractivity contribution is 0.171. The van der Waals surface area contributed by atoms with Crippen LogP contribution in [0.3, 0.4) is 0 Å². The number of aromatic nitrogens is 3. The number of ether oxygens (including phenoxy) is 3. The van der Waals surface area contributed by atoms with Crippen LogP contribution < -0.4 is 14.2 Å². The van der Waals surface area contributed by atoms with Crippen LogP contribution in [0.5, 0.6) is 17.2 Å². The molecule has 0 saturated carbocycles. The lowest BCUT2D eigenvalue weighted by atomic mass is 10.2. The Labute approximate surface area is 166 Å². The van der Waals surface area contributed by atoms with Crippen molar-refractivity contribution < 1.29 is 14.2 Å². The Morgan fingerprint density at radius 3 is 2.78 bits per heavy atom. The number of fused-ring (bicyclic) bond motifs is 1. The van der Waals surface area contributed by atoms with Gasteiger partial charge in [-0.2, -0.15) is 0 Å². The summed E-state index contributed by atoms with van der Waals surface area (Å²) in [7, 11) is 1.95. The molecule has 0 aliphatic carbocycles. The van der Waals surface area contributed by atoms with Gasteiger partial charge in [-0.1, -0.05) is 35.5 Å². The summed E-state index contributed by atoms with van der Waals surface area (Å²) in [6, 6.07) is 13.3. The minimum Gasteiger partial charge on any atom is -0.491 e. The summed E-state index contributed by atoms with van der Waals surface area (Å²) in [5.74, 6) is 3.71. The van der Waals surface area contributed by atoms with E-state index >= 15 is 0 Å². The number of para-hydroxylation sites is 1. The van der Waals surface area contributed by atoms with Crippen LogP contribution >= 0.6 is 23.4 Å². The third-order valence-corrected chi connectivity index (χ3v) is 5.34. The third kappa shape index (κ3) is 3.99. The average molecular weight is 404 g/mol. The maximum Gasteiger partial charge on any atom is 0.191 e. The minimum absolute atomic E-state index is 0.528. The highest BCUT2D eigenvalue weighted by atomic mass is 35.5. The summed E-state index contributed by atoms with van der Waals surface area (Å²) in [4.78, 5) is 0. The lowest BCUT2D eigenvalue weighted by Gasteiger charge is -2.18. The molecule has 27 heavy (non-hydrogen) atoms. The summed E-state index contributed by atoms with van der Waals surface area (Å²) in [5.41, 5.74) is 0.938. The maximum atomic E-state index is 6.09. The zero-order chi connectivity index (χ0) is 18.6. The molecular formula is C19H18ClN3O3S. The molecule has 4 rings (SSSR count). The molecule has 0 bridgehead atoms. The normalized spacial score (nSPS) is 12.8. The van der Waals surface area contributed by atoms with Crippen LogP contribution in [0.25, 0.3) is 11.4 Å². The Balaban J connectivity index is 1.40. The van der Waals surface area contributed by atoms with E-state index < -0.39 is 0 Å². The molecule has 2 aromatic carbocycles. The maximum absolute atomic E-state index is 6.09. The molecule has 6 nitrogen and oxygen atoms in total. The van der Waals surface area contributed by atoms with E-state index in [1.165, 1.54) is 0 Å². The van der Waals surface area contributed by atoms with Crippen molar-refractivity contribution in [1.82, 2.24) is 14.8 Å². The first-order valence-electron chi connectivity index (χ1n) is 8.52. The smallest absolute Gasteiger partial charge is 0.191 e. The number of nitrogens with zero attached hydrogens (tertiary/aromatic N) is 3. The van der Waals surface area contributed by atoms with Crippen LogP contribution in [0, 0.1) is 0 Å². The molecule has 0 saturated heterocycles. The first kappa shape index (κ1) is 18.0. The van der Waals surface area contributed by atoms with E-state index in [1.807, 2.05) is 54.1 Å². The molecule has 8 heteroatoms. The highest BCUT2D eigenvalue weighted by Crippen LogP contribution is 2.34. The number of rotatable bonds is 6. The lowest BCUT2D eigenvalue weighted by Crippen LogP contribution is -2.15. The van der Waals surface area contributed by atoms with E-state index in [4.69, 9.17) is 25.8 Å². The predicted molar refractivity (Wildman–Crippen MR) is 105 cm³/mol. The second kappa shape index (κ2) is 8.10. The van der Waals surface area contributed by atoms with E-state index in [0.29, 0.717) is 30.6 Å². The summed E-state index contributed by atoms with van der Waals surface area (Å²) in [6.07, 6.45) is 0. The van der Waals surface area contributed by atoms with E-state index in [-0.39, 0.29) is 0 Å². The van der Waals surface area contributed by atoms with Crippen molar-refractivity contribution in [2.24, 2.45) is 7.05 Å². The first-order chi connectivity index (χ1) is 13.2. The second-order valence-corrected chi connectivity index (χ2v) is 7.32. The van der Waals surface area contributed by atoms with Crippen molar-refractivity contribution in [3.05, 3.63) is 47.5 Å². The van der Waals surface area contributed by atoms with Crippen LogP contribution in [0.4, 0.5) is 0 Å². The highest BCUT2D eigenvalue weighted by Gasteiger charge is 2.16. The molecular weight excluding hydrogens is 386 g/mol. The molecule has 0 unspecified atom stereocenters. The van der Waals surface area contributed by atoms with E-state index in [9.17, 15) is 0 Å². The van der Waals surface area contributed by atoms with Crippen LogP contribution in [0.1, 0.15) is 0 Å². The molecule has 0 radical (unpaired) electrons. The minimum atomic E-state index is 0.528. The number of benzene rings is 2. The molecule has 2 heterocycles. The molecule has 0 amide bonds. The van der Waals surface area contributed by atoms with E-state index in [1.54, 1.807) is 11.8 Å². The summed E-state index contributed by atoms with van der Waals surface area (Å²) >= 11 is 7.67. The summed E-state index contributed by atoms with van der Waals surface area (Å²) in [6.45, 7) is 1.66. The monoisotopic (exact) mass is 403 g/mol. The van der Waals surface area contributed by atoms with Gasteiger partial charge in [0.25, 0.3) is 0 Å². The van der Waals surface area contributed by atoms with Crippen molar-refractivity contribution in [2.75, 3.05) is 25.6 Å². The molecule has 1 aliphatic heterocycles. The number of thioether (sulfide) groups is 1. The number of halogens is 1. The topological polar surface area (TPSA) is 58.4 Å². The Hall–Kier alpha value is -2.38. The Morgan fingerprint density at radius 1 is 1.11 bits per heavy atom. The van der Waals surface area contributed by atoms with Gasteiger partial charge >= 0.3 is 0 Å². The zero-order valence-corrected chi connectivity index (χ0v) is 16.3. The summed E-state index contributed by atoms with van der Waals surface area (Å²) < 4.78 is 18.9.